The summed E-state index contributed by atoms with van der Waals surface area (Å²) in [6.45, 7) is 10.9. The van der Waals surface area contributed by atoms with Crippen molar-refractivity contribution in [2.24, 2.45) is 5.41 Å². The quantitative estimate of drug-likeness (QED) is 0.803. The lowest BCUT2D eigenvalue weighted by Gasteiger charge is -2.35. The average Bonchev–Trinajstić information content (AvgIpc) is 2.14. The smallest absolute Gasteiger partial charge is 0.317 e. The summed E-state index contributed by atoms with van der Waals surface area (Å²) >= 11 is 0. The maximum absolute atomic E-state index is 11.9. The molecule has 4 heteroatoms. The molecule has 0 unspecified atom stereocenters. The Morgan fingerprint density at radius 2 is 1.88 bits per heavy atom. The fourth-order valence-corrected chi connectivity index (χ4v) is 1.36. The van der Waals surface area contributed by atoms with Gasteiger partial charge in [0.15, 0.2) is 0 Å². The van der Waals surface area contributed by atoms with Crippen molar-refractivity contribution in [1.29, 1.82) is 0 Å². The summed E-state index contributed by atoms with van der Waals surface area (Å²) < 4.78 is 4.98. The zero-order chi connectivity index (χ0) is 12.9. The van der Waals surface area contributed by atoms with E-state index >= 15 is 0 Å². The fraction of sp³-hybridized carbons (Fsp3) is 0.917. The summed E-state index contributed by atoms with van der Waals surface area (Å²) in [6.07, 6.45) is 0. The first-order valence-electron chi connectivity index (χ1n) is 5.72. The van der Waals surface area contributed by atoms with Gasteiger partial charge in [0.25, 0.3) is 0 Å². The Morgan fingerprint density at radius 1 is 1.38 bits per heavy atom. The topological polar surface area (TPSA) is 41.6 Å². The van der Waals surface area contributed by atoms with Crippen molar-refractivity contribution >= 4 is 6.03 Å². The van der Waals surface area contributed by atoms with Crippen molar-refractivity contribution in [3.63, 3.8) is 0 Å². The molecule has 0 aromatic rings. The Hall–Kier alpha value is -0.770. The zero-order valence-corrected chi connectivity index (χ0v) is 11.6. The molecule has 0 aliphatic heterocycles. The van der Waals surface area contributed by atoms with Crippen LogP contribution in [0.4, 0.5) is 4.79 Å². The van der Waals surface area contributed by atoms with Crippen LogP contribution in [0.25, 0.3) is 0 Å². The minimum atomic E-state index is -0.0491. The summed E-state index contributed by atoms with van der Waals surface area (Å²) in [5, 5.41) is 2.90. The van der Waals surface area contributed by atoms with E-state index in [1.807, 2.05) is 14.0 Å². The number of hydrogen-bond acceptors (Lipinski definition) is 2. The molecule has 0 bridgehead atoms. The number of hydrogen-bond donors (Lipinski definition) is 1. The van der Waals surface area contributed by atoms with Crippen molar-refractivity contribution in [3.05, 3.63) is 0 Å². The minimum absolute atomic E-state index is 0.0344. The van der Waals surface area contributed by atoms with E-state index in [0.29, 0.717) is 6.61 Å². The Morgan fingerprint density at radius 3 is 2.25 bits per heavy atom. The number of nitrogens with one attached hydrogen (secondary N) is 1. The standard InChI is InChI=1S/C12H26N2O2/c1-9(8-16-7)13-11(15)14(6)10(2)12(3,4)5/h9-10H,8H2,1-7H3,(H,13,15)/t9-,10+/m0/s1. The molecule has 2 atom stereocenters. The van der Waals surface area contributed by atoms with Crippen molar-refractivity contribution in [3.8, 4) is 0 Å². The van der Waals surface area contributed by atoms with Gasteiger partial charge in [0.2, 0.25) is 0 Å². The SMILES string of the molecule is COC[C@H](C)NC(=O)N(C)[C@H](C)C(C)(C)C. The maximum Gasteiger partial charge on any atom is 0.317 e. The summed E-state index contributed by atoms with van der Waals surface area (Å²) in [5.74, 6) is 0. The van der Waals surface area contributed by atoms with Crippen LogP contribution in [0.15, 0.2) is 0 Å². The predicted octanol–water partition coefficient (Wildman–Crippen LogP) is 2.10. The molecule has 0 aromatic carbocycles. The predicted molar refractivity (Wildman–Crippen MR) is 66.5 cm³/mol. The number of carbonyl (C=O) groups is 1. The summed E-state index contributed by atoms with van der Waals surface area (Å²) in [4.78, 5) is 13.6. The number of urea groups is 1. The van der Waals surface area contributed by atoms with Gasteiger partial charge < -0.3 is 15.0 Å². The molecule has 0 aromatic heterocycles. The van der Waals surface area contributed by atoms with Gasteiger partial charge >= 0.3 is 6.03 Å². The van der Waals surface area contributed by atoms with Crippen LogP contribution in [0.1, 0.15) is 34.6 Å². The molecule has 2 amide bonds. The molecule has 0 rings (SSSR count). The van der Waals surface area contributed by atoms with Crippen molar-refractivity contribution < 1.29 is 9.53 Å². The highest BCUT2D eigenvalue weighted by Gasteiger charge is 2.27. The molecule has 0 fully saturated rings. The van der Waals surface area contributed by atoms with Crippen LogP contribution < -0.4 is 5.32 Å². The maximum atomic E-state index is 11.9. The Labute approximate surface area is 99.3 Å². The second-order valence-corrected chi connectivity index (χ2v) is 5.46. The van der Waals surface area contributed by atoms with Gasteiger partial charge in [0, 0.05) is 20.2 Å². The van der Waals surface area contributed by atoms with Crippen LogP contribution in [-0.4, -0.2) is 43.8 Å². The Bertz CT molecular complexity index is 224. The van der Waals surface area contributed by atoms with Gasteiger partial charge in [0.1, 0.15) is 0 Å². The normalized spacial score (nSPS) is 15.4. The molecule has 0 spiro atoms. The molecule has 0 aliphatic rings. The first-order valence-corrected chi connectivity index (χ1v) is 5.72. The molecule has 0 saturated carbocycles. The van der Waals surface area contributed by atoms with Crippen LogP contribution >= 0.6 is 0 Å². The average molecular weight is 230 g/mol. The summed E-state index contributed by atoms with van der Waals surface area (Å²) in [7, 11) is 3.45. The van der Waals surface area contributed by atoms with E-state index in [2.05, 4.69) is 33.0 Å². The first-order chi connectivity index (χ1) is 7.20. The number of methoxy groups -OCH3 is 1. The van der Waals surface area contributed by atoms with E-state index in [0.717, 1.165) is 0 Å². The molecule has 0 radical (unpaired) electrons. The highest BCUT2D eigenvalue weighted by molar-refractivity contribution is 5.74. The third-order valence-corrected chi connectivity index (χ3v) is 2.94. The van der Waals surface area contributed by atoms with Gasteiger partial charge in [0.05, 0.1) is 12.6 Å². The highest BCUT2D eigenvalue weighted by atomic mass is 16.5. The van der Waals surface area contributed by atoms with Crippen LogP contribution in [0, 0.1) is 5.41 Å². The highest BCUT2D eigenvalue weighted by Crippen LogP contribution is 2.22. The van der Waals surface area contributed by atoms with Gasteiger partial charge in [-0.1, -0.05) is 20.8 Å². The van der Waals surface area contributed by atoms with Gasteiger partial charge in [-0.2, -0.15) is 0 Å². The lowest BCUT2D eigenvalue weighted by atomic mass is 9.87. The molecule has 0 saturated heterocycles. The third kappa shape index (κ3) is 4.84. The monoisotopic (exact) mass is 230 g/mol. The Balaban J connectivity index is 4.28. The second-order valence-electron chi connectivity index (χ2n) is 5.46. The molecule has 1 N–H and O–H groups in total. The summed E-state index contributed by atoms with van der Waals surface area (Å²) in [5.41, 5.74) is 0.0799. The molecule has 4 nitrogen and oxygen atoms in total. The van der Waals surface area contributed by atoms with Crippen LogP contribution in [0.2, 0.25) is 0 Å². The molecular formula is C12H26N2O2. The van der Waals surface area contributed by atoms with E-state index in [4.69, 9.17) is 4.74 Å². The molecule has 0 heterocycles. The third-order valence-electron chi connectivity index (χ3n) is 2.94. The lowest BCUT2D eigenvalue weighted by molar-refractivity contribution is 0.133. The number of nitrogens with zero attached hydrogens (tertiary/aromatic N) is 1. The van der Waals surface area contributed by atoms with Crippen LogP contribution in [-0.2, 0) is 4.74 Å². The van der Waals surface area contributed by atoms with E-state index in [9.17, 15) is 4.79 Å². The molecule has 16 heavy (non-hydrogen) atoms. The second kappa shape index (κ2) is 6.09. The lowest BCUT2D eigenvalue weighted by Crippen LogP contribution is -2.50. The first kappa shape index (κ1) is 15.2. The van der Waals surface area contributed by atoms with Crippen LogP contribution in [0.3, 0.4) is 0 Å². The van der Waals surface area contributed by atoms with Gasteiger partial charge in [-0.15, -0.1) is 0 Å². The zero-order valence-electron chi connectivity index (χ0n) is 11.6. The Kier molecular flexibility index (Phi) is 5.79. The van der Waals surface area contributed by atoms with Crippen LogP contribution in [0.5, 0.6) is 0 Å². The molecular weight excluding hydrogens is 204 g/mol. The van der Waals surface area contributed by atoms with E-state index < -0.39 is 0 Å². The number of carbonyl (C=O) groups excluding carboxylic acids is 1. The number of amides is 2. The van der Waals surface area contributed by atoms with E-state index in [-0.39, 0.29) is 23.5 Å². The van der Waals surface area contributed by atoms with Crippen molar-refractivity contribution in [1.82, 2.24) is 10.2 Å². The van der Waals surface area contributed by atoms with Gasteiger partial charge in [-0.25, -0.2) is 4.79 Å². The van der Waals surface area contributed by atoms with E-state index in [1.54, 1.807) is 12.0 Å². The largest absolute Gasteiger partial charge is 0.383 e. The number of ether oxygens (including phenoxy) is 1. The molecule has 96 valence electrons. The summed E-state index contributed by atoms with van der Waals surface area (Å²) in [6, 6.07) is 0.168. The van der Waals surface area contributed by atoms with Gasteiger partial charge in [-0.05, 0) is 19.3 Å². The molecule has 0 aliphatic carbocycles. The van der Waals surface area contributed by atoms with Crippen molar-refractivity contribution in [2.75, 3.05) is 20.8 Å². The minimum Gasteiger partial charge on any atom is -0.383 e. The van der Waals surface area contributed by atoms with Gasteiger partial charge in [-0.3, -0.25) is 0 Å². The van der Waals surface area contributed by atoms with E-state index in [1.165, 1.54) is 0 Å². The fourth-order valence-electron chi connectivity index (χ4n) is 1.36. The van der Waals surface area contributed by atoms with Crippen molar-refractivity contribution in [2.45, 2.75) is 46.7 Å². The number of rotatable bonds is 4.